The number of hydrogen-bond acceptors (Lipinski definition) is 6. The zero-order valence-corrected chi connectivity index (χ0v) is 16.9. The van der Waals surface area contributed by atoms with Crippen molar-refractivity contribution in [3.05, 3.63) is 47.8 Å². The van der Waals surface area contributed by atoms with Gasteiger partial charge >= 0.3 is 0 Å². The average molecular weight is 439 g/mol. The van der Waals surface area contributed by atoms with Crippen LogP contribution in [0.15, 0.2) is 35.4 Å². The maximum Gasteiger partial charge on any atom is 0.207 e. The van der Waals surface area contributed by atoms with E-state index in [1.54, 1.807) is 4.90 Å². The predicted octanol–water partition coefficient (Wildman–Crippen LogP) is 2.04. The van der Waals surface area contributed by atoms with Crippen LogP contribution in [-0.4, -0.2) is 54.5 Å². The molecule has 3 aromatic rings. The first-order valence-corrected chi connectivity index (χ1v) is 11.2. The zero-order chi connectivity index (χ0) is 21.6. The number of pyridine rings is 1. The number of hydrogen-bond donors (Lipinski definition) is 1. The van der Waals surface area contributed by atoms with Gasteiger partial charge < -0.3 is 15.2 Å². The average Bonchev–Trinajstić information content (AvgIpc) is 3.02. The van der Waals surface area contributed by atoms with Crippen molar-refractivity contribution in [3.8, 4) is 0 Å². The molecule has 0 bridgehead atoms. The summed E-state index contributed by atoms with van der Waals surface area (Å²) in [5.74, 6) is -1.22. The Labute approximate surface area is 171 Å². The number of rotatable bonds is 4. The highest BCUT2D eigenvalue weighted by molar-refractivity contribution is 7.90. The van der Waals surface area contributed by atoms with E-state index in [9.17, 15) is 21.6 Å². The second-order valence-corrected chi connectivity index (χ2v) is 9.44. The van der Waals surface area contributed by atoms with Crippen molar-refractivity contribution in [3.63, 3.8) is 0 Å². The molecular weight excluding hydrogens is 419 g/mol. The zero-order valence-electron chi connectivity index (χ0n) is 16.1. The molecule has 0 amide bonds. The molecule has 1 aromatic carbocycles. The Morgan fingerprint density at radius 3 is 2.67 bits per heavy atom. The minimum atomic E-state index is -3.41. The Balaban J connectivity index is 1.78. The Morgan fingerprint density at radius 1 is 1.27 bits per heavy atom. The van der Waals surface area contributed by atoms with Gasteiger partial charge in [0.15, 0.2) is 15.7 Å². The van der Waals surface area contributed by atoms with E-state index >= 15 is 0 Å². The molecule has 1 saturated heterocycles. The second kappa shape index (κ2) is 7.55. The summed E-state index contributed by atoms with van der Waals surface area (Å²) in [6.07, 6.45) is 1.36. The van der Waals surface area contributed by atoms with Gasteiger partial charge in [-0.1, -0.05) is 0 Å². The fraction of sp³-hybridized carbons (Fsp3) is 0.368. The molecule has 0 radical (unpaired) electrons. The Hall–Kier alpha value is -2.66. The molecule has 160 valence electrons. The first-order valence-electron chi connectivity index (χ1n) is 9.28. The van der Waals surface area contributed by atoms with Gasteiger partial charge in [0, 0.05) is 37.7 Å². The van der Waals surface area contributed by atoms with Crippen LogP contribution in [0.2, 0.25) is 0 Å². The van der Waals surface area contributed by atoms with E-state index < -0.39 is 33.7 Å². The quantitative estimate of drug-likeness (QED) is 0.669. The molecular formula is C19H20F3N5O2S. The van der Waals surface area contributed by atoms with Crippen LogP contribution in [0, 0.1) is 11.6 Å². The number of benzene rings is 1. The molecule has 0 saturated carbocycles. The van der Waals surface area contributed by atoms with Crippen LogP contribution in [0.1, 0.15) is 12.1 Å². The van der Waals surface area contributed by atoms with Crippen molar-refractivity contribution in [2.75, 3.05) is 24.2 Å². The van der Waals surface area contributed by atoms with Gasteiger partial charge in [0.25, 0.3) is 0 Å². The number of alkyl halides is 1. The molecule has 2 aromatic heterocycles. The number of fused-ring (bicyclic) bond motifs is 1. The number of nitrogens with two attached hydrogens (primary N) is 1. The van der Waals surface area contributed by atoms with E-state index in [0.717, 1.165) is 18.4 Å². The maximum atomic E-state index is 14.6. The smallest absolute Gasteiger partial charge is 0.207 e. The number of imidazole rings is 1. The van der Waals surface area contributed by atoms with Crippen LogP contribution in [0.25, 0.3) is 11.0 Å². The highest BCUT2D eigenvalue weighted by atomic mass is 32.2. The van der Waals surface area contributed by atoms with Gasteiger partial charge in [0.1, 0.15) is 17.5 Å². The molecule has 30 heavy (non-hydrogen) atoms. The third-order valence-corrected chi connectivity index (χ3v) is 6.24. The lowest BCUT2D eigenvalue weighted by Gasteiger charge is -2.34. The summed E-state index contributed by atoms with van der Waals surface area (Å²) in [5, 5.41) is 0. The van der Waals surface area contributed by atoms with Gasteiger partial charge in [-0.2, -0.15) is 0 Å². The van der Waals surface area contributed by atoms with Crippen molar-refractivity contribution in [2.24, 2.45) is 5.73 Å². The molecule has 3 heterocycles. The molecule has 7 nitrogen and oxygen atoms in total. The topological polar surface area (TPSA) is 94.1 Å². The van der Waals surface area contributed by atoms with Crippen molar-refractivity contribution in [2.45, 2.75) is 30.1 Å². The second-order valence-electron chi connectivity index (χ2n) is 7.43. The fourth-order valence-corrected chi connectivity index (χ4v) is 4.14. The van der Waals surface area contributed by atoms with E-state index in [0.29, 0.717) is 18.2 Å². The summed E-state index contributed by atoms with van der Waals surface area (Å²) in [5.41, 5.74) is 6.51. The van der Waals surface area contributed by atoms with Crippen molar-refractivity contribution < 1.29 is 21.6 Å². The standard InChI is InChI=1S/C19H20F3N5O2S/c1-30(28,29)13-3-2-12(24-8-13)9-27-18-15(22)6-11(20)7-17(18)25-19(27)26-5-4-14(21)16(23)10-26/h2-3,6-8,14,16H,4-5,9-10,23H2,1H3/t14?,16-/m1/s1. The molecule has 2 N–H and O–H groups in total. The summed E-state index contributed by atoms with van der Waals surface area (Å²) in [6, 6.07) is 4.11. The van der Waals surface area contributed by atoms with Gasteiger partial charge in [0.2, 0.25) is 5.95 Å². The van der Waals surface area contributed by atoms with E-state index in [2.05, 4.69) is 9.97 Å². The SMILES string of the molecule is CS(=O)(=O)c1ccc(Cn2c(N3CCC(F)[C@H](N)C3)nc3cc(F)cc(F)c32)nc1. The minimum absolute atomic E-state index is 0.0587. The molecule has 1 aliphatic rings. The molecule has 1 aliphatic heterocycles. The first kappa shape index (κ1) is 20.6. The number of piperidine rings is 1. The normalized spacial score (nSPS) is 20.1. The van der Waals surface area contributed by atoms with Gasteiger partial charge in [-0.25, -0.2) is 26.6 Å². The van der Waals surface area contributed by atoms with E-state index in [4.69, 9.17) is 5.73 Å². The van der Waals surface area contributed by atoms with E-state index in [1.165, 1.54) is 22.9 Å². The summed E-state index contributed by atoms with van der Waals surface area (Å²) >= 11 is 0. The molecule has 2 atom stereocenters. The lowest BCUT2D eigenvalue weighted by atomic mass is 10.1. The van der Waals surface area contributed by atoms with Crippen LogP contribution >= 0.6 is 0 Å². The highest BCUT2D eigenvalue weighted by Crippen LogP contribution is 2.29. The summed E-state index contributed by atoms with van der Waals surface area (Å²) in [7, 11) is -3.41. The summed E-state index contributed by atoms with van der Waals surface area (Å²) < 4.78 is 67.0. The number of aromatic nitrogens is 3. The summed E-state index contributed by atoms with van der Waals surface area (Å²) in [4.78, 5) is 10.3. The fourth-order valence-electron chi connectivity index (χ4n) is 3.58. The lowest BCUT2D eigenvalue weighted by molar-refractivity contribution is 0.243. The maximum absolute atomic E-state index is 14.6. The third kappa shape index (κ3) is 3.86. The Kier molecular flexibility index (Phi) is 5.18. The minimum Gasteiger partial charge on any atom is -0.340 e. The van der Waals surface area contributed by atoms with Crippen LogP contribution in [-0.2, 0) is 16.4 Å². The van der Waals surface area contributed by atoms with Crippen molar-refractivity contribution in [1.29, 1.82) is 0 Å². The summed E-state index contributed by atoms with van der Waals surface area (Å²) in [6.45, 7) is 0.557. The van der Waals surface area contributed by atoms with E-state index in [-0.39, 0.29) is 35.4 Å². The lowest BCUT2D eigenvalue weighted by Crippen LogP contribution is -2.50. The number of anilines is 1. The predicted molar refractivity (Wildman–Crippen MR) is 106 cm³/mol. The third-order valence-electron chi connectivity index (χ3n) is 5.14. The van der Waals surface area contributed by atoms with Gasteiger partial charge in [-0.05, 0) is 18.6 Å². The highest BCUT2D eigenvalue weighted by Gasteiger charge is 2.30. The van der Waals surface area contributed by atoms with Gasteiger partial charge in [-0.3, -0.25) is 4.98 Å². The van der Waals surface area contributed by atoms with E-state index in [1.807, 2.05) is 0 Å². The monoisotopic (exact) mass is 439 g/mol. The first-order chi connectivity index (χ1) is 14.1. The largest absolute Gasteiger partial charge is 0.340 e. The van der Waals surface area contributed by atoms with Crippen LogP contribution < -0.4 is 10.6 Å². The van der Waals surface area contributed by atoms with Crippen LogP contribution in [0.3, 0.4) is 0 Å². The molecule has 4 rings (SSSR count). The molecule has 1 unspecified atom stereocenters. The molecule has 0 spiro atoms. The van der Waals surface area contributed by atoms with Crippen molar-refractivity contribution >= 4 is 26.8 Å². The number of halogens is 3. The van der Waals surface area contributed by atoms with Crippen molar-refractivity contribution in [1.82, 2.24) is 14.5 Å². The number of nitrogens with zero attached hydrogens (tertiary/aromatic N) is 4. The van der Waals surface area contributed by atoms with Gasteiger partial charge in [-0.15, -0.1) is 0 Å². The molecule has 0 aliphatic carbocycles. The number of sulfone groups is 1. The van der Waals surface area contributed by atoms with Crippen LogP contribution in [0.4, 0.5) is 19.1 Å². The van der Waals surface area contributed by atoms with Crippen LogP contribution in [0.5, 0.6) is 0 Å². The Morgan fingerprint density at radius 2 is 2.03 bits per heavy atom. The molecule has 11 heteroatoms. The Bertz CT molecular complexity index is 1200. The molecule has 1 fully saturated rings. The van der Waals surface area contributed by atoms with Gasteiger partial charge in [0.05, 0.1) is 28.7 Å².